The highest BCUT2D eigenvalue weighted by atomic mass is 16.4. The van der Waals surface area contributed by atoms with Crippen LogP contribution in [-0.2, 0) is 11.2 Å². The van der Waals surface area contributed by atoms with Gasteiger partial charge < -0.3 is 16.3 Å². The first-order valence-corrected chi connectivity index (χ1v) is 6.76. The fourth-order valence-corrected chi connectivity index (χ4v) is 2.02. The number of aryl methyl sites for hydroxylation is 2. The molecule has 0 aromatic heterocycles. The maximum atomic E-state index is 11.9. The lowest BCUT2D eigenvalue weighted by Gasteiger charge is -2.20. The SMILES string of the molecule is Cc1cccc(CCC(=O)NC(C(N)=NO)C(C)C)c1. The molecule has 1 unspecified atom stereocenters. The number of benzene rings is 1. The van der Waals surface area contributed by atoms with Crippen molar-refractivity contribution in [3.05, 3.63) is 35.4 Å². The van der Waals surface area contributed by atoms with Gasteiger partial charge in [0.1, 0.15) is 0 Å². The summed E-state index contributed by atoms with van der Waals surface area (Å²) in [5.41, 5.74) is 7.89. The first-order valence-electron chi connectivity index (χ1n) is 6.76. The van der Waals surface area contributed by atoms with Crippen molar-refractivity contribution in [1.29, 1.82) is 0 Å². The summed E-state index contributed by atoms with van der Waals surface area (Å²) in [4.78, 5) is 11.9. The first-order chi connectivity index (χ1) is 9.43. The predicted octanol–water partition coefficient (Wildman–Crippen LogP) is 1.81. The quantitative estimate of drug-likeness (QED) is 0.321. The van der Waals surface area contributed by atoms with E-state index < -0.39 is 6.04 Å². The average molecular weight is 277 g/mol. The van der Waals surface area contributed by atoms with Crippen molar-refractivity contribution in [3.8, 4) is 0 Å². The summed E-state index contributed by atoms with van der Waals surface area (Å²) in [5.74, 6) is -0.00506. The molecular weight excluding hydrogens is 254 g/mol. The van der Waals surface area contributed by atoms with E-state index in [-0.39, 0.29) is 17.7 Å². The van der Waals surface area contributed by atoms with Gasteiger partial charge in [0.25, 0.3) is 0 Å². The van der Waals surface area contributed by atoms with Crippen LogP contribution in [0.3, 0.4) is 0 Å². The molecule has 0 aliphatic carbocycles. The highest BCUT2D eigenvalue weighted by molar-refractivity contribution is 5.90. The van der Waals surface area contributed by atoms with Gasteiger partial charge in [0.15, 0.2) is 5.84 Å². The lowest BCUT2D eigenvalue weighted by molar-refractivity contribution is -0.121. The lowest BCUT2D eigenvalue weighted by Crippen LogP contribution is -2.47. The Balaban J connectivity index is 2.54. The number of nitrogens with zero attached hydrogens (tertiary/aromatic N) is 1. The minimum absolute atomic E-state index is 0.0314. The fraction of sp³-hybridized carbons (Fsp3) is 0.467. The third-order valence-electron chi connectivity index (χ3n) is 3.14. The van der Waals surface area contributed by atoms with Crippen LogP contribution in [-0.4, -0.2) is 23.0 Å². The predicted molar refractivity (Wildman–Crippen MR) is 79.7 cm³/mol. The zero-order chi connectivity index (χ0) is 15.1. The summed E-state index contributed by atoms with van der Waals surface area (Å²) < 4.78 is 0. The van der Waals surface area contributed by atoms with Crippen LogP contribution in [0.25, 0.3) is 0 Å². The van der Waals surface area contributed by atoms with Crippen molar-refractivity contribution in [2.45, 2.75) is 39.7 Å². The van der Waals surface area contributed by atoms with Crippen LogP contribution >= 0.6 is 0 Å². The Labute approximate surface area is 119 Å². The minimum atomic E-state index is -0.440. The molecule has 1 aromatic carbocycles. The Morgan fingerprint density at radius 2 is 2.15 bits per heavy atom. The summed E-state index contributed by atoms with van der Waals surface area (Å²) in [7, 11) is 0. The Bertz CT molecular complexity index is 484. The second-order valence-corrected chi connectivity index (χ2v) is 5.30. The molecule has 20 heavy (non-hydrogen) atoms. The van der Waals surface area contributed by atoms with E-state index in [1.165, 1.54) is 5.56 Å². The van der Waals surface area contributed by atoms with Gasteiger partial charge in [-0.1, -0.05) is 48.8 Å². The molecule has 0 radical (unpaired) electrons. The maximum absolute atomic E-state index is 11.9. The van der Waals surface area contributed by atoms with Gasteiger partial charge in [-0.3, -0.25) is 4.79 Å². The third kappa shape index (κ3) is 4.91. The molecule has 0 spiro atoms. The van der Waals surface area contributed by atoms with Crippen molar-refractivity contribution in [2.75, 3.05) is 0 Å². The first kappa shape index (κ1) is 16.0. The number of carbonyl (C=O) groups is 1. The van der Waals surface area contributed by atoms with E-state index in [0.717, 1.165) is 5.56 Å². The maximum Gasteiger partial charge on any atom is 0.220 e. The molecule has 0 aliphatic rings. The molecule has 1 rings (SSSR count). The zero-order valence-corrected chi connectivity index (χ0v) is 12.3. The van der Waals surface area contributed by atoms with E-state index in [2.05, 4.69) is 16.5 Å². The monoisotopic (exact) mass is 277 g/mol. The number of amides is 1. The molecule has 0 saturated carbocycles. The van der Waals surface area contributed by atoms with E-state index >= 15 is 0 Å². The highest BCUT2D eigenvalue weighted by Crippen LogP contribution is 2.07. The van der Waals surface area contributed by atoms with Crippen molar-refractivity contribution < 1.29 is 10.0 Å². The summed E-state index contributed by atoms with van der Waals surface area (Å²) in [6.07, 6.45) is 1.06. The summed E-state index contributed by atoms with van der Waals surface area (Å²) in [6, 6.07) is 7.64. The van der Waals surface area contributed by atoms with Crippen LogP contribution in [0, 0.1) is 12.8 Å². The molecule has 0 bridgehead atoms. The van der Waals surface area contributed by atoms with E-state index in [9.17, 15) is 4.79 Å². The summed E-state index contributed by atoms with van der Waals surface area (Å²) >= 11 is 0. The number of amidine groups is 1. The van der Waals surface area contributed by atoms with E-state index in [4.69, 9.17) is 10.9 Å². The van der Waals surface area contributed by atoms with Gasteiger partial charge in [-0.2, -0.15) is 0 Å². The number of carbonyl (C=O) groups excluding carboxylic acids is 1. The van der Waals surface area contributed by atoms with Crippen LogP contribution in [0.5, 0.6) is 0 Å². The number of oxime groups is 1. The molecule has 1 aromatic rings. The van der Waals surface area contributed by atoms with Gasteiger partial charge in [-0.25, -0.2) is 0 Å². The molecule has 0 heterocycles. The molecule has 0 aliphatic heterocycles. The Morgan fingerprint density at radius 3 is 2.70 bits per heavy atom. The number of nitrogens with one attached hydrogen (secondary N) is 1. The molecule has 5 nitrogen and oxygen atoms in total. The van der Waals surface area contributed by atoms with Gasteiger partial charge in [-0.05, 0) is 24.8 Å². The highest BCUT2D eigenvalue weighted by Gasteiger charge is 2.20. The molecule has 0 saturated heterocycles. The standard InChI is InChI=1S/C15H23N3O2/c1-10(2)14(15(16)18-20)17-13(19)8-7-12-6-4-5-11(3)9-12/h4-6,9-10,14,20H,7-8H2,1-3H3,(H2,16,18)(H,17,19). The van der Waals surface area contributed by atoms with Gasteiger partial charge in [-0.15, -0.1) is 0 Å². The normalized spacial score (nSPS) is 13.3. The van der Waals surface area contributed by atoms with Crippen LogP contribution in [0.4, 0.5) is 0 Å². The van der Waals surface area contributed by atoms with Gasteiger partial charge in [0.05, 0.1) is 6.04 Å². The Kier molecular flexibility index (Phi) is 6.03. The van der Waals surface area contributed by atoms with E-state index in [0.29, 0.717) is 12.8 Å². The van der Waals surface area contributed by atoms with Crippen molar-refractivity contribution in [3.63, 3.8) is 0 Å². The van der Waals surface area contributed by atoms with Gasteiger partial charge >= 0.3 is 0 Å². The smallest absolute Gasteiger partial charge is 0.220 e. The number of hydrogen-bond donors (Lipinski definition) is 3. The molecular formula is C15H23N3O2. The molecule has 4 N–H and O–H groups in total. The van der Waals surface area contributed by atoms with Crippen molar-refractivity contribution in [1.82, 2.24) is 5.32 Å². The van der Waals surface area contributed by atoms with Gasteiger partial charge in [0.2, 0.25) is 5.91 Å². The lowest BCUT2D eigenvalue weighted by atomic mass is 10.0. The molecule has 1 amide bonds. The van der Waals surface area contributed by atoms with Crippen LogP contribution in [0.1, 0.15) is 31.4 Å². The van der Waals surface area contributed by atoms with Crippen LogP contribution < -0.4 is 11.1 Å². The molecule has 0 fully saturated rings. The van der Waals surface area contributed by atoms with Crippen LogP contribution in [0.15, 0.2) is 29.4 Å². The van der Waals surface area contributed by atoms with Crippen molar-refractivity contribution in [2.24, 2.45) is 16.8 Å². The van der Waals surface area contributed by atoms with Crippen molar-refractivity contribution >= 4 is 11.7 Å². The molecule has 110 valence electrons. The zero-order valence-electron chi connectivity index (χ0n) is 12.3. The Morgan fingerprint density at radius 1 is 1.45 bits per heavy atom. The number of rotatable bonds is 6. The number of nitrogens with two attached hydrogens (primary N) is 1. The van der Waals surface area contributed by atoms with Crippen LogP contribution in [0.2, 0.25) is 0 Å². The third-order valence-corrected chi connectivity index (χ3v) is 3.14. The van der Waals surface area contributed by atoms with Gasteiger partial charge in [0, 0.05) is 6.42 Å². The topological polar surface area (TPSA) is 87.7 Å². The van der Waals surface area contributed by atoms with E-state index in [1.807, 2.05) is 39.0 Å². The fourth-order valence-electron chi connectivity index (χ4n) is 2.02. The summed E-state index contributed by atoms with van der Waals surface area (Å²) in [6.45, 7) is 5.84. The van der Waals surface area contributed by atoms with E-state index in [1.54, 1.807) is 0 Å². The number of hydrogen-bond acceptors (Lipinski definition) is 3. The second-order valence-electron chi connectivity index (χ2n) is 5.30. The molecule has 5 heteroatoms. The second kappa shape index (κ2) is 7.53. The minimum Gasteiger partial charge on any atom is -0.409 e. The Hall–Kier alpha value is -2.04. The molecule has 1 atom stereocenters. The summed E-state index contributed by atoms with van der Waals surface area (Å²) in [5, 5.41) is 14.5. The largest absolute Gasteiger partial charge is 0.409 e. The average Bonchev–Trinajstić information content (AvgIpc) is 2.41.